The summed E-state index contributed by atoms with van der Waals surface area (Å²) in [7, 11) is -0.377. The maximum atomic E-state index is 6.14. The van der Waals surface area contributed by atoms with Crippen molar-refractivity contribution in [2.45, 2.75) is 52.4 Å². The van der Waals surface area contributed by atoms with Crippen LogP contribution in [0.5, 0.6) is 0 Å². The van der Waals surface area contributed by atoms with Gasteiger partial charge < -0.3 is 13.9 Å². The van der Waals surface area contributed by atoms with Gasteiger partial charge in [-0.15, -0.1) is 0 Å². The standard InChI is InChI=1S/C21H25BN2O2/c1-15-6-8-16(9-7-15)14-24-11-10-17-12-18(13-23-19(17)24)22-25-20(2,3)21(4,5)26-22/h6-13H,14H2,1-5H3. The molecule has 4 nitrogen and oxygen atoms in total. The fourth-order valence-electron chi connectivity index (χ4n) is 3.22. The third kappa shape index (κ3) is 2.95. The molecule has 1 fully saturated rings. The van der Waals surface area contributed by atoms with Gasteiger partial charge in [0.05, 0.1) is 11.2 Å². The lowest BCUT2D eigenvalue weighted by Crippen LogP contribution is -2.41. The first-order chi connectivity index (χ1) is 12.2. The number of aryl methyl sites for hydroxylation is 1. The van der Waals surface area contributed by atoms with Crippen molar-refractivity contribution >= 4 is 23.6 Å². The van der Waals surface area contributed by atoms with Gasteiger partial charge in [0, 0.05) is 29.8 Å². The van der Waals surface area contributed by atoms with Gasteiger partial charge >= 0.3 is 7.12 Å². The fraction of sp³-hybridized carbons (Fsp3) is 0.381. The Bertz CT molecular complexity index is 928. The molecule has 0 spiro atoms. The molecule has 5 heteroatoms. The van der Waals surface area contributed by atoms with Gasteiger partial charge in [0.1, 0.15) is 5.65 Å². The van der Waals surface area contributed by atoms with Crippen molar-refractivity contribution in [1.82, 2.24) is 9.55 Å². The van der Waals surface area contributed by atoms with E-state index in [0.29, 0.717) is 0 Å². The average molecular weight is 348 g/mol. The highest BCUT2D eigenvalue weighted by Crippen LogP contribution is 2.36. The van der Waals surface area contributed by atoms with E-state index in [1.54, 1.807) is 0 Å². The van der Waals surface area contributed by atoms with Crippen molar-refractivity contribution in [3.8, 4) is 0 Å². The van der Waals surface area contributed by atoms with Crippen molar-refractivity contribution in [3.63, 3.8) is 0 Å². The van der Waals surface area contributed by atoms with Gasteiger partial charge in [-0.25, -0.2) is 4.98 Å². The van der Waals surface area contributed by atoms with Crippen LogP contribution < -0.4 is 5.46 Å². The van der Waals surface area contributed by atoms with Gasteiger partial charge in [0.15, 0.2) is 0 Å². The van der Waals surface area contributed by atoms with Crippen LogP contribution in [-0.2, 0) is 15.9 Å². The van der Waals surface area contributed by atoms with E-state index < -0.39 is 0 Å². The van der Waals surface area contributed by atoms with E-state index >= 15 is 0 Å². The molecule has 0 bridgehead atoms. The lowest BCUT2D eigenvalue weighted by molar-refractivity contribution is 0.00578. The highest BCUT2D eigenvalue weighted by atomic mass is 16.7. The predicted molar refractivity (Wildman–Crippen MR) is 106 cm³/mol. The second-order valence-electron chi connectivity index (χ2n) is 8.20. The minimum Gasteiger partial charge on any atom is -0.399 e. The van der Waals surface area contributed by atoms with Gasteiger partial charge in [-0.2, -0.15) is 0 Å². The van der Waals surface area contributed by atoms with E-state index in [2.05, 4.69) is 81.8 Å². The molecule has 0 N–H and O–H groups in total. The summed E-state index contributed by atoms with van der Waals surface area (Å²) in [6.45, 7) is 11.2. The Morgan fingerprint density at radius 3 is 2.31 bits per heavy atom. The van der Waals surface area contributed by atoms with E-state index in [1.165, 1.54) is 11.1 Å². The molecule has 1 aromatic carbocycles. The quantitative estimate of drug-likeness (QED) is 0.678. The van der Waals surface area contributed by atoms with Crippen molar-refractivity contribution < 1.29 is 9.31 Å². The van der Waals surface area contributed by atoms with Crippen LogP contribution >= 0.6 is 0 Å². The Balaban J connectivity index is 1.61. The van der Waals surface area contributed by atoms with Gasteiger partial charge in [-0.05, 0) is 52.3 Å². The number of aromatic nitrogens is 2. The lowest BCUT2D eigenvalue weighted by Gasteiger charge is -2.32. The molecule has 1 aliphatic heterocycles. The molecule has 3 aromatic rings. The van der Waals surface area contributed by atoms with Crippen molar-refractivity contribution in [2.75, 3.05) is 0 Å². The number of rotatable bonds is 3. The Labute approximate surface area is 155 Å². The zero-order valence-corrected chi connectivity index (χ0v) is 16.1. The normalized spacial score (nSPS) is 18.6. The summed E-state index contributed by atoms with van der Waals surface area (Å²) in [6.07, 6.45) is 3.96. The lowest BCUT2D eigenvalue weighted by atomic mass is 9.80. The van der Waals surface area contributed by atoms with Crippen LogP contribution in [0.1, 0.15) is 38.8 Å². The minimum absolute atomic E-state index is 0.343. The first-order valence-corrected chi connectivity index (χ1v) is 9.11. The van der Waals surface area contributed by atoms with Gasteiger partial charge in [0.2, 0.25) is 0 Å². The highest BCUT2D eigenvalue weighted by molar-refractivity contribution is 6.62. The van der Waals surface area contributed by atoms with Crippen LogP contribution in [0, 0.1) is 6.92 Å². The molecule has 0 radical (unpaired) electrons. The summed E-state index contributed by atoms with van der Waals surface area (Å²) in [5, 5.41) is 1.10. The number of pyridine rings is 1. The summed E-state index contributed by atoms with van der Waals surface area (Å²) in [5.41, 5.74) is 3.80. The third-order valence-electron chi connectivity index (χ3n) is 5.62. The van der Waals surface area contributed by atoms with Crippen LogP contribution in [0.15, 0.2) is 48.8 Å². The minimum atomic E-state index is -0.377. The molecule has 26 heavy (non-hydrogen) atoms. The van der Waals surface area contributed by atoms with Crippen molar-refractivity contribution in [1.29, 1.82) is 0 Å². The number of hydrogen-bond donors (Lipinski definition) is 0. The summed E-state index contributed by atoms with van der Waals surface area (Å²) in [6, 6.07) is 12.8. The first-order valence-electron chi connectivity index (χ1n) is 9.11. The molecule has 0 saturated carbocycles. The van der Waals surface area contributed by atoms with Crippen molar-refractivity contribution in [2.24, 2.45) is 0 Å². The maximum Gasteiger partial charge on any atom is 0.496 e. The summed E-state index contributed by atoms with van der Waals surface area (Å²) < 4.78 is 14.5. The molecular formula is C21H25BN2O2. The second kappa shape index (κ2) is 5.97. The summed E-state index contributed by atoms with van der Waals surface area (Å²) in [5.74, 6) is 0. The first kappa shape index (κ1) is 17.3. The van der Waals surface area contributed by atoms with E-state index in [9.17, 15) is 0 Å². The fourth-order valence-corrected chi connectivity index (χ4v) is 3.22. The zero-order chi connectivity index (χ0) is 18.5. The Morgan fingerprint density at radius 1 is 1.00 bits per heavy atom. The van der Waals surface area contributed by atoms with E-state index in [-0.39, 0.29) is 18.3 Å². The third-order valence-corrected chi connectivity index (χ3v) is 5.62. The van der Waals surface area contributed by atoms with Crippen LogP contribution in [0.2, 0.25) is 0 Å². The zero-order valence-electron chi connectivity index (χ0n) is 16.1. The van der Waals surface area contributed by atoms with Crippen molar-refractivity contribution in [3.05, 3.63) is 59.9 Å². The molecule has 1 saturated heterocycles. The SMILES string of the molecule is Cc1ccc(Cn2ccc3cc(B4OC(C)(C)C(C)(C)O4)cnc32)cc1. The number of fused-ring (bicyclic) bond motifs is 1. The number of hydrogen-bond acceptors (Lipinski definition) is 3. The monoisotopic (exact) mass is 348 g/mol. The largest absolute Gasteiger partial charge is 0.496 e. The van der Waals surface area contributed by atoms with E-state index in [4.69, 9.17) is 14.3 Å². The predicted octanol–water partition coefficient (Wildman–Crippen LogP) is 3.69. The molecule has 0 atom stereocenters. The molecule has 0 amide bonds. The molecule has 3 heterocycles. The molecular weight excluding hydrogens is 323 g/mol. The molecule has 0 unspecified atom stereocenters. The maximum absolute atomic E-state index is 6.14. The molecule has 0 aliphatic carbocycles. The van der Waals surface area contributed by atoms with Gasteiger partial charge in [-0.1, -0.05) is 29.8 Å². The van der Waals surface area contributed by atoms with Gasteiger partial charge in [-0.3, -0.25) is 0 Å². The smallest absolute Gasteiger partial charge is 0.399 e. The second-order valence-corrected chi connectivity index (χ2v) is 8.20. The van der Waals surface area contributed by atoms with Crippen LogP contribution in [0.3, 0.4) is 0 Å². The molecule has 134 valence electrons. The Morgan fingerprint density at radius 2 is 1.65 bits per heavy atom. The van der Waals surface area contributed by atoms with Crippen LogP contribution in [0.4, 0.5) is 0 Å². The highest BCUT2D eigenvalue weighted by Gasteiger charge is 2.51. The molecule has 2 aromatic heterocycles. The Kier molecular flexibility index (Phi) is 3.97. The van der Waals surface area contributed by atoms with Gasteiger partial charge in [0.25, 0.3) is 0 Å². The summed E-state index contributed by atoms with van der Waals surface area (Å²) in [4.78, 5) is 4.70. The average Bonchev–Trinajstić information content (AvgIpc) is 3.07. The van der Waals surface area contributed by atoms with Crippen LogP contribution in [0.25, 0.3) is 11.0 Å². The van der Waals surface area contributed by atoms with Crippen LogP contribution in [-0.4, -0.2) is 27.9 Å². The van der Waals surface area contributed by atoms with E-state index in [0.717, 1.165) is 23.0 Å². The van der Waals surface area contributed by atoms with E-state index in [1.807, 2.05) is 6.20 Å². The summed E-state index contributed by atoms with van der Waals surface area (Å²) >= 11 is 0. The number of nitrogens with zero attached hydrogens (tertiary/aromatic N) is 2. The Hall–Kier alpha value is -2.11. The molecule has 4 rings (SSSR count). The molecule has 1 aliphatic rings. The number of benzene rings is 1. The topological polar surface area (TPSA) is 36.3 Å².